The largest absolute Gasteiger partial charge is 0.409 e. The molecule has 0 amide bonds. The molecule has 0 aliphatic heterocycles. The SMILES string of the molecule is CN(CCC(N)=NO)c1nnnn1C. The van der Waals surface area contributed by atoms with Crippen LogP contribution in [0.15, 0.2) is 5.16 Å². The Bertz CT molecular complexity index is 320. The molecule has 0 aliphatic carbocycles. The van der Waals surface area contributed by atoms with Crippen molar-refractivity contribution in [2.75, 3.05) is 18.5 Å². The lowest BCUT2D eigenvalue weighted by Crippen LogP contribution is -2.26. The molecule has 1 rings (SSSR count). The third kappa shape index (κ3) is 2.31. The first-order valence-corrected chi connectivity index (χ1v) is 4.05. The van der Waals surface area contributed by atoms with Gasteiger partial charge in [0.15, 0.2) is 0 Å². The number of anilines is 1. The average Bonchev–Trinajstić information content (AvgIpc) is 2.60. The van der Waals surface area contributed by atoms with Crippen LogP contribution in [-0.2, 0) is 7.05 Å². The molecule has 1 aromatic heterocycles. The van der Waals surface area contributed by atoms with E-state index >= 15 is 0 Å². The standard InChI is InChI=1S/C6H13N7O/c1-12(4-3-5(7)9-14)6-8-10-11-13(6)2/h14H,3-4H2,1-2H3,(H2,7,9). The molecule has 0 saturated heterocycles. The first-order valence-electron chi connectivity index (χ1n) is 4.05. The quantitative estimate of drug-likeness (QED) is 0.272. The summed E-state index contributed by atoms with van der Waals surface area (Å²) >= 11 is 0. The molecular formula is C6H13N7O. The average molecular weight is 199 g/mol. The van der Waals surface area contributed by atoms with Gasteiger partial charge in [0, 0.05) is 27.1 Å². The van der Waals surface area contributed by atoms with Gasteiger partial charge in [0.1, 0.15) is 5.84 Å². The maximum Gasteiger partial charge on any atom is 0.245 e. The van der Waals surface area contributed by atoms with Gasteiger partial charge < -0.3 is 15.8 Å². The second kappa shape index (κ2) is 4.40. The van der Waals surface area contributed by atoms with Crippen LogP contribution >= 0.6 is 0 Å². The lowest BCUT2D eigenvalue weighted by atomic mass is 10.4. The molecule has 0 bridgehead atoms. The highest BCUT2D eigenvalue weighted by Gasteiger charge is 2.08. The zero-order chi connectivity index (χ0) is 10.6. The van der Waals surface area contributed by atoms with Gasteiger partial charge in [-0.15, -0.1) is 0 Å². The Kier molecular flexibility index (Phi) is 3.21. The van der Waals surface area contributed by atoms with Gasteiger partial charge in [0.05, 0.1) is 0 Å². The van der Waals surface area contributed by atoms with Crippen molar-refractivity contribution in [1.29, 1.82) is 0 Å². The fraction of sp³-hybridized carbons (Fsp3) is 0.667. The van der Waals surface area contributed by atoms with E-state index < -0.39 is 0 Å². The zero-order valence-corrected chi connectivity index (χ0v) is 8.12. The Labute approximate surface area is 81.0 Å². The van der Waals surface area contributed by atoms with Crippen molar-refractivity contribution in [3.8, 4) is 0 Å². The van der Waals surface area contributed by atoms with E-state index in [9.17, 15) is 0 Å². The highest BCUT2D eigenvalue weighted by atomic mass is 16.4. The van der Waals surface area contributed by atoms with Crippen molar-refractivity contribution in [2.45, 2.75) is 6.42 Å². The van der Waals surface area contributed by atoms with Gasteiger partial charge in [-0.1, -0.05) is 10.3 Å². The molecule has 8 heteroatoms. The van der Waals surface area contributed by atoms with Gasteiger partial charge in [-0.05, 0) is 10.4 Å². The van der Waals surface area contributed by atoms with Crippen LogP contribution in [0.2, 0.25) is 0 Å². The summed E-state index contributed by atoms with van der Waals surface area (Å²) in [5.74, 6) is 0.822. The normalized spacial score (nSPS) is 11.7. The number of hydrogen-bond donors (Lipinski definition) is 2. The molecule has 0 spiro atoms. The van der Waals surface area contributed by atoms with Crippen LogP contribution in [0.4, 0.5) is 5.95 Å². The zero-order valence-electron chi connectivity index (χ0n) is 8.12. The van der Waals surface area contributed by atoms with Crippen LogP contribution in [0.25, 0.3) is 0 Å². The maximum absolute atomic E-state index is 8.33. The van der Waals surface area contributed by atoms with Crippen LogP contribution in [0.1, 0.15) is 6.42 Å². The predicted octanol–water partition coefficient (Wildman–Crippen LogP) is -1.22. The Morgan fingerprint density at radius 3 is 2.93 bits per heavy atom. The second-order valence-corrected chi connectivity index (χ2v) is 2.87. The molecule has 0 saturated carbocycles. The van der Waals surface area contributed by atoms with Crippen molar-refractivity contribution in [1.82, 2.24) is 20.2 Å². The van der Waals surface area contributed by atoms with E-state index in [0.29, 0.717) is 18.9 Å². The minimum absolute atomic E-state index is 0.187. The van der Waals surface area contributed by atoms with Crippen LogP contribution < -0.4 is 10.6 Å². The van der Waals surface area contributed by atoms with Gasteiger partial charge in [-0.3, -0.25) is 0 Å². The van der Waals surface area contributed by atoms with Gasteiger partial charge in [-0.25, -0.2) is 4.68 Å². The number of nitrogens with two attached hydrogens (primary N) is 1. The number of amidine groups is 1. The third-order valence-corrected chi connectivity index (χ3v) is 1.77. The minimum Gasteiger partial charge on any atom is -0.409 e. The first kappa shape index (κ1) is 10.2. The van der Waals surface area contributed by atoms with Crippen LogP contribution in [0.3, 0.4) is 0 Å². The number of hydrogen-bond acceptors (Lipinski definition) is 6. The number of rotatable bonds is 4. The lowest BCUT2D eigenvalue weighted by Gasteiger charge is -2.15. The number of oxime groups is 1. The third-order valence-electron chi connectivity index (χ3n) is 1.77. The van der Waals surface area contributed by atoms with Gasteiger partial charge in [-0.2, -0.15) is 0 Å². The Balaban J connectivity index is 2.51. The van der Waals surface area contributed by atoms with E-state index in [1.807, 2.05) is 11.9 Å². The summed E-state index contributed by atoms with van der Waals surface area (Å²) < 4.78 is 1.55. The van der Waals surface area contributed by atoms with E-state index in [2.05, 4.69) is 20.7 Å². The van der Waals surface area contributed by atoms with Crippen molar-refractivity contribution < 1.29 is 5.21 Å². The lowest BCUT2D eigenvalue weighted by molar-refractivity contribution is 0.317. The molecule has 0 atom stereocenters. The van der Waals surface area contributed by atoms with Crippen LogP contribution in [0.5, 0.6) is 0 Å². The number of aromatic nitrogens is 4. The number of aryl methyl sites for hydroxylation is 1. The summed E-state index contributed by atoms with van der Waals surface area (Å²) in [4.78, 5) is 1.82. The molecule has 78 valence electrons. The molecule has 0 aliphatic rings. The second-order valence-electron chi connectivity index (χ2n) is 2.87. The number of tetrazole rings is 1. The fourth-order valence-corrected chi connectivity index (χ4v) is 0.980. The molecule has 8 nitrogen and oxygen atoms in total. The van der Waals surface area contributed by atoms with Crippen molar-refractivity contribution >= 4 is 11.8 Å². The van der Waals surface area contributed by atoms with Crippen LogP contribution in [0, 0.1) is 0 Å². The number of nitrogens with zero attached hydrogens (tertiary/aromatic N) is 6. The summed E-state index contributed by atoms with van der Waals surface area (Å²) in [6.07, 6.45) is 0.458. The highest BCUT2D eigenvalue weighted by Crippen LogP contribution is 2.03. The molecule has 14 heavy (non-hydrogen) atoms. The summed E-state index contributed by atoms with van der Waals surface area (Å²) in [5, 5.41) is 22.2. The van der Waals surface area contributed by atoms with E-state index in [-0.39, 0.29) is 5.84 Å². The molecule has 1 aromatic rings. The smallest absolute Gasteiger partial charge is 0.245 e. The van der Waals surface area contributed by atoms with Crippen molar-refractivity contribution in [2.24, 2.45) is 17.9 Å². The minimum atomic E-state index is 0.187. The summed E-state index contributed by atoms with van der Waals surface area (Å²) in [6.45, 7) is 0.587. The Morgan fingerprint density at radius 1 is 1.71 bits per heavy atom. The predicted molar refractivity (Wildman–Crippen MR) is 50.1 cm³/mol. The van der Waals surface area contributed by atoms with E-state index in [1.165, 1.54) is 0 Å². The van der Waals surface area contributed by atoms with Gasteiger partial charge in [0.25, 0.3) is 0 Å². The molecule has 0 unspecified atom stereocenters. The molecule has 1 heterocycles. The van der Waals surface area contributed by atoms with E-state index in [4.69, 9.17) is 10.9 Å². The molecule has 0 radical (unpaired) electrons. The van der Waals surface area contributed by atoms with Crippen molar-refractivity contribution in [3.05, 3.63) is 0 Å². The van der Waals surface area contributed by atoms with Gasteiger partial charge >= 0.3 is 0 Å². The molecule has 0 aromatic carbocycles. The maximum atomic E-state index is 8.33. The topological polar surface area (TPSA) is 105 Å². The molecule has 0 fully saturated rings. The highest BCUT2D eigenvalue weighted by molar-refractivity contribution is 5.80. The van der Waals surface area contributed by atoms with Crippen LogP contribution in [-0.4, -0.2) is 44.8 Å². The van der Waals surface area contributed by atoms with Crippen molar-refractivity contribution in [3.63, 3.8) is 0 Å². The Morgan fingerprint density at radius 2 is 2.43 bits per heavy atom. The summed E-state index contributed by atoms with van der Waals surface area (Å²) in [5.41, 5.74) is 5.33. The summed E-state index contributed by atoms with van der Waals surface area (Å²) in [6, 6.07) is 0. The summed E-state index contributed by atoms with van der Waals surface area (Å²) in [7, 11) is 3.58. The first-order chi connectivity index (χ1) is 6.65. The van der Waals surface area contributed by atoms with E-state index in [0.717, 1.165) is 0 Å². The molecular weight excluding hydrogens is 186 g/mol. The molecule has 3 N–H and O–H groups in total. The fourth-order valence-electron chi connectivity index (χ4n) is 0.980. The monoisotopic (exact) mass is 199 g/mol. The Hall–Kier alpha value is -1.86. The van der Waals surface area contributed by atoms with E-state index in [1.54, 1.807) is 11.7 Å². The van der Waals surface area contributed by atoms with Gasteiger partial charge in [0.2, 0.25) is 5.95 Å².